The molecule has 0 fully saturated rings. The van der Waals surface area contributed by atoms with E-state index in [1.807, 2.05) is 63.2 Å². The SMILES string of the molecule is COCC(C)(C)Cc1cccc(C(=O)OC(C)(C)C)c1.COc1ccc(SC)cc1. The smallest absolute Gasteiger partial charge is 0.338 e. The number of hydrogen-bond donors (Lipinski definition) is 0. The van der Waals surface area contributed by atoms with Gasteiger partial charge in [-0.05, 0) is 80.8 Å². The van der Waals surface area contributed by atoms with Gasteiger partial charge in [0, 0.05) is 12.0 Å². The van der Waals surface area contributed by atoms with Gasteiger partial charge in [-0.3, -0.25) is 0 Å². The van der Waals surface area contributed by atoms with Crippen molar-refractivity contribution in [2.24, 2.45) is 5.41 Å². The van der Waals surface area contributed by atoms with E-state index in [0.29, 0.717) is 12.2 Å². The first kappa shape index (κ1) is 26.1. The van der Waals surface area contributed by atoms with Gasteiger partial charge < -0.3 is 14.2 Å². The molecule has 0 aromatic heterocycles. The van der Waals surface area contributed by atoms with E-state index in [1.54, 1.807) is 32.0 Å². The highest BCUT2D eigenvalue weighted by atomic mass is 32.2. The zero-order valence-corrected chi connectivity index (χ0v) is 20.4. The van der Waals surface area contributed by atoms with E-state index in [-0.39, 0.29) is 11.4 Å². The molecular weight excluding hydrogens is 396 g/mol. The van der Waals surface area contributed by atoms with E-state index < -0.39 is 5.60 Å². The first-order valence-corrected chi connectivity index (χ1v) is 11.2. The van der Waals surface area contributed by atoms with E-state index in [9.17, 15) is 4.79 Å². The molecule has 0 bridgehead atoms. The molecule has 0 unspecified atom stereocenters. The average Bonchev–Trinajstić information content (AvgIpc) is 2.67. The molecular formula is C25H36O4S. The van der Waals surface area contributed by atoms with Gasteiger partial charge in [0.15, 0.2) is 0 Å². The van der Waals surface area contributed by atoms with Gasteiger partial charge in [0.25, 0.3) is 0 Å². The van der Waals surface area contributed by atoms with Crippen LogP contribution in [0.4, 0.5) is 0 Å². The van der Waals surface area contributed by atoms with Gasteiger partial charge in [0.1, 0.15) is 11.4 Å². The number of ether oxygens (including phenoxy) is 3. The number of carbonyl (C=O) groups is 1. The van der Waals surface area contributed by atoms with Crippen molar-refractivity contribution < 1.29 is 19.0 Å². The van der Waals surface area contributed by atoms with Crippen LogP contribution in [-0.2, 0) is 15.9 Å². The van der Waals surface area contributed by atoms with Crippen molar-refractivity contribution in [2.75, 3.05) is 27.1 Å². The fraction of sp³-hybridized carbons (Fsp3) is 0.480. The fourth-order valence-electron chi connectivity index (χ4n) is 2.85. The fourth-order valence-corrected chi connectivity index (χ4v) is 3.26. The summed E-state index contributed by atoms with van der Waals surface area (Å²) in [7, 11) is 3.38. The molecule has 0 atom stereocenters. The summed E-state index contributed by atoms with van der Waals surface area (Å²) in [5, 5.41) is 0. The molecule has 0 amide bonds. The third-order valence-electron chi connectivity index (χ3n) is 4.07. The van der Waals surface area contributed by atoms with E-state index in [2.05, 4.69) is 20.1 Å². The van der Waals surface area contributed by atoms with Crippen LogP contribution in [0.3, 0.4) is 0 Å². The van der Waals surface area contributed by atoms with Crippen LogP contribution in [0, 0.1) is 5.41 Å². The third kappa shape index (κ3) is 10.2. The molecule has 5 heteroatoms. The minimum Gasteiger partial charge on any atom is -0.497 e. The third-order valence-corrected chi connectivity index (χ3v) is 4.82. The first-order valence-electron chi connectivity index (χ1n) is 9.99. The zero-order valence-electron chi connectivity index (χ0n) is 19.6. The van der Waals surface area contributed by atoms with Gasteiger partial charge >= 0.3 is 5.97 Å². The van der Waals surface area contributed by atoms with Crippen LogP contribution in [0.5, 0.6) is 5.75 Å². The predicted molar refractivity (Wildman–Crippen MR) is 126 cm³/mol. The second-order valence-corrected chi connectivity index (χ2v) is 9.74. The Morgan fingerprint density at radius 3 is 2.10 bits per heavy atom. The number of methoxy groups -OCH3 is 2. The highest BCUT2D eigenvalue weighted by molar-refractivity contribution is 7.98. The van der Waals surface area contributed by atoms with E-state index >= 15 is 0 Å². The van der Waals surface area contributed by atoms with Crippen LogP contribution < -0.4 is 4.74 Å². The lowest BCUT2D eigenvalue weighted by Gasteiger charge is -2.24. The summed E-state index contributed by atoms with van der Waals surface area (Å²) in [5.41, 5.74) is 1.30. The second-order valence-electron chi connectivity index (χ2n) is 8.86. The quantitative estimate of drug-likeness (QED) is 0.381. The lowest BCUT2D eigenvalue weighted by molar-refractivity contribution is 0.00692. The summed E-state index contributed by atoms with van der Waals surface area (Å²) in [4.78, 5) is 13.3. The van der Waals surface area contributed by atoms with Gasteiger partial charge in [-0.2, -0.15) is 0 Å². The molecule has 4 nitrogen and oxygen atoms in total. The largest absolute Gasteiger partial charge is 0.497 e. The minimum atomic E-state index is -0.470. The van der Waals surface area contributed by atoms with Crippen molar-refractivity contribution in [3.8, 4) is 5.75 Å². The first-order chi connectivity index (χ1) is 14.0. The molecule has 0 saturated heterocycles. The molecule has 30 heavy (non-hydrogen) atoms. The van der Waals surface area contributed by atoms with Gasteiger partial charge in [0.2, 0.25) is 0 Å². The number of hydrogen-bond acceptors (Lipinski definition) is 5. The Balaban J connectivity index is 0.000000375. The molecule has 0 aliphatic rings. The normalized spacial score (nSPS) is 11.3. The summed E-state index contributed by atoms with van der Waals surface area (Å²) in [6.07, 6.45) is 2.92. The van der Waals surface area contributed by atoms with Crippen LogP contribution in [0.15, 0.2) is 53.4 Å². The van der Waals surface area contributed by atoms with Gasteiger partial charge in [0.05, 0.1) is 19.3 Å². The highest BCUT2D eigenvalue weighted by Crippen LogP contribution is 2.23. The summed E-state index contributed by atoms with van der Waals surface area (Å²) in [6, 6.07) is 15.7. The van der Waals surface area contributed by atoms with E-state index in [4.69, 9.17) is 14.2 Å². The number of thioether (sulfide) groups is 1. The average molecular weight is 433 g/mol. The Morgan fingerprint density at radius 2 is 1.60 bits per heavy atom. The van der Waals surface area contributed by atoms with Crippen LogP contribution >= 0.6 is 11.8 Å². The van der Waals surface area contributed by atoms with Gasteiger partial charge in [-0.25, -0.2) is 4.79 Å². The Labute approximate surface area is 186 Å². The molecule has 2 aromatic carbocycles. The van der Waals surface area contributed by atoms with Crippen molar-refractivity contribution in [2.45, 2.75) is 51.5 Å². The molecule has 0 spiro atoms. The molecule has 0 aliphatic heterocycles. The van der Waals surface area contributed by atoms with Crippen LogP contribution in [-0.4, -0.2) is 38.7 Å². The topological polar surface area (TPSA) is 44.8 Å². The van der Waals surface area contributed by atoms with Gasteiger partial charge in [-0.1, -0.05) is 26.0 Å². The monoisotopic (exact) mass is 432 g/mol. The number of rotatable bonds is 7. The summed E-state index contributed by atoms with van der Waals surface area (Å²) >= 11 is 1.73. The van der Waals surface area contributed by atoms with Crippen LogP contribution in [0.2, 0.25) is 0 Å². The van der Waals surface area contributed by atoms with Crippen molar-refractivity contribution in [3.05, 3.63) is 59.7 Å². The molecule has 2 aromatic rings. The van der Waals surface area contributed by atoms with E-state index in [1.165, 1.54) is 4.90 Å². The van der Waals surface area contributed by atoms with Crippen LogP contribution in [0.1, 0.15) is 50.5 Å². The Bertz CT molecular complexity index is 753. The number of carbonyl (C=O) groups excluding carboxylic acids is 1. The van der Waals surface area contributed by atoms with Crippen molar-refractivity contribution in [1.29, 1.82) is 0 Å². The summed E-state index contributed by atoms with van der Waals surface area (Å²) in [6.45, 7) is 10.6. The van der Waals surface area contributed by atoms with Crippen molar-refractivity contribution in [1.82, 2.24) is 0 Å². The standard InChI is InChI=1S/C17H26O3.C8H10OS/c1-16(2,3)20-15(18)14-9-7-8-13(10-14)11-17(4,5)12-19-6;1-9-7-3-5-8(10-2)6-4-7/h7-10H,11-12H2,1-6H3;3-6H,1-2H3. The molecule has 0 radical (unpaired) electrons. The lowest BCUT2D eigenvalue weighted by atomic mass is 9.86. The van der Waals surface area contributed by atoms with Crippen LogP contribution in [0.25, 0.3) is 0 Å². The summed E-state index contributed by atoms with van der Waals surface area (Å²) in [5.74, 6) is 0.640. The number of benzene rings is 2. The molecule has 0 aliphatic carbocycles. The molecule has 0 saturated carbocycles. The minimum absolute atomic E-state index is 0.0430. The van der Waals surface area contributed by atoms with Crippen molar-refractivity contribution >= 4 is 17.7 Å². The lowest BCUT2D eigenvalue weighted by Crippen LogP contribution is -2.24. The maximum atomic E-state index is 12.1. The zero-order chi connectivity index (χ0) is 22.8. The molecule has 166 valence electrons. The Hall–Kier alpha value is -1.98. The maximum absolute atomic E-state index is 12.1. The molecule has 2 rings (SSSR count). The van der Waals surface area contributed by atoms with E-state index in [0.717, 1.165) is 17.7 Å². The molecule has 0 N–H and O–H groups in total. The van der Waals surface area contributed by atoms with Gasteiger partial charge in [-0.15, -0.1) is 11.8 Å². The number of esters is 1. The van der Waals surface area contributed by atoms with Crippen molar-refractivity contribution in [3.63, 3.8) is 0 Å². The highest BCUT2D eigenvalue weighted by Gasteiger charge is 2.21. The Kier molecular flexibility index (Phi) is 10.4. The molecule has 0 heterocycles. The predicted octanol–water partition coefficient (Wildman–Crippen LogP) is 6.27. The second kappa shape index (κ2) is 12.0. The summed E-state index contributed by atoms with van der Waals surface area (Å²) < 4.78 is 15.6. The maximum Gasteiger partial charge on any atom is 0.338 e. The Morgan fingerprint density at radius 1 is 0.967 bits per heavy atom.